The highest BCUT2D eigenvalue weighted by molar-refractivity contribution is 4.96. The molecule has 0 spiro atoms. The monoisotopic (exact) mass is 180 g/mol. The molecule has 13 heavy (non-hydrogen) atoms. The van der Waals surface area contributed by atoms with Crippen LogP contribution < -0.4 is 0 Å². The van der Waals surface area contributed by atoms with Crippen LogP contribution in [0, 0.1) is 29.1 Å². The molecule has 3 atom stereocenters. The fraction of sp³-hybridized carbons (Fsp3) is 1.00. The third kappa shape index (κ3) is 1.53. The van der Waals surface area contributed by atoms with E-state index < -0.39 is 0 Å². The molecule has 3 unspecified atom stereocenters. The van der Waals surface area contributed by atoms with Crippen molar-refractivity contribution in [2.45, 2.75) is 53.4 Å². The van der Waals surface area contributed by atoms with E-state index >= 15 is 0 Å². The number of fused-ring (bicyclic) bond motifs is 2. The quantitative estimate of drug-likeness (QED) is 0.570. The van der Waals surface area contributed by atoms with E-state index in [1.165, 1.54) is 25.7 Å². The average Bonchev–Trinajstić information content (AvgIpc) is 2.22. The summed E-state index contributed by atoms with van der Waals surface area (Å²) in [6, 6.07) is 0. The molecular weight excluding hydrogens is 156 g/mol. The van der Waals surface area contributed by atoms with Gasteiger partial charge in [-0.15, -0.1) is 0 Å². The zero-order chi connectivity index (χ0) is 9.64. The smallest absolute Gasteiger partial charge is 0.0323 e. The molecule has 0 aromatic heterocycles. The van der Waals surface area contributed by atoms with Crippen LogP contribution in [-0.2, 0) is 0 Å². The molecule has 0 N–H and O–H groups in total. The van der Waals surface area contributed by atoms with Crippen LogP contribution in [0.5, 0.6) is 0 Å². The fourth-order valence-electron chi connectivity index (χ4n) is 3.95. The minimum atomic E-state index is 0.661. The first-order valence-electron chi connectivity index (χ1n) is 6.00. The molecule has 2 fully saturated rings. The van der Waals surface area contributed by atoms with Crippen molar-refractivity contribution in [2.24, 2.45) is 29.1 Å². The molecule has 0 aromatic rings. The molecule has 2 saturated carbocycles. The van der Waals surface area contributed by atoms with Crippen LogP contribution in [0.3, 0.4) is 0 Å². The van der Waals surface area contributed by atoms with Crippen LogP contribution >= 0.6 is 0 Å². The lowest BCUT2D eigenvalue weighted by Crippen LogP contribution is -2.23. The summed E-state index contributed by atoms with van der Waals surface area (Å²) in [5.41, 5.74) is 0.661. The van der Waals surface area contributed by atoms with Crippen molar-refractivity contribution in [3.8, 4) is 0 Å². The van der Waals surface area contributed by atoms with Gasteiger partial charge in [-0.05, 0) is 54.8 Å². The molecule has 2 bridgehead atoms. The molecule has 0 nitrogen and oxygen atoms in total. The summed E-state index contributed by atoms with van der Waals surface area (Å²) in [5.74, 6) is 4.07. The van der Waals surface area contributed by atoms with Gasteiger partial charge in [-0.1, -0.05) is 27.7 Å². The Balaban J connectivity index is 2.11. The second kappa shape index (κ2) is 3.00. The second-order valence-corrected chi connectivity index (χ2v) is 6.37. The van der Waals surface area contributed by atoms with Crippen LogP contribution in [0.1, 0.15) is 53.4 Å². The second-order valence-electron chi connectivity index (χ2n) is 6.37. The molecular formula is C13H24. The van der Waals surface area contributed by atoms with Crippen LogP contribution in [0.2, 0.25) is 0 Å². The van der Waals surface area contributed by atoms with Crippen LogP contribution in [0.15, 0.2) is 0 Å². The van der Waals surface area contributed by atoms with Crippen molar-refractivity contribution in [3.63, 3.8) is 0 Å². The summed E-state index contributed by atoms with van der Waals surface area (Å²) in [6.45, 7) is 9.80. The summed E-state index contributed by atoms with van der Waals surface area (Å²) >= 11 is 0. The van der Waals surface area contributed by atoms with Gasteiger partial charge in [0.2, 0.25) is 0 Å². The third-order valence-electron chi connectivity index (χ3n) is 4.79. The van der Waals surface area contributed by atoms with E-state index in [2.05, 4.69) is 27.7 Å². The standard InChI is InChI=1S/C13H24/c1-9(2)12-6-5-11-7-10(12)8-13(11,3)4/h9-12H,5-8H2,1-4H3. The van der Waals surface area contributed by atoms with Gasteiger partial charge in [0.25, 0.3) is 0 Å². The van der Waals surface area contributed by atoms with Crippen molar-refractivity contribution in [3.05, 3.63) is 0 Å². The van der Waals surface area contributed by atoms with Gasteiger partial charge in [-0.3, -0.25) is 0 Å². The summed E-state index contributed by atoms with van der Waals surface area (Å²) in [7, 11) is 0. The van der Waals surface area contributed by atoms with Gasteiger partial charge in [0.05, 0.1) is 0 Å². The van der Waals surface area contributed by atoms with Crippen LogP contribution in [0.25, 0.3) is 0 Å². The number of hydrogen-bond acceptors (Lipinski definition) is 0. The van der Waals surface area contributed by atoms with Crippen molar-refractivity contribution < 1.29 is 0 Å². The van der Waals surface area contributed by atoms with Gasteiger partial charge in [0, 0.05) is 0 Å². The van der Waals surface area contributed by atoms with Gasteiger partial charge in [0.1, 0.15) is 0 Å². The summed E-state index contributed by atoms with van der Waals surface area (Å²) in [5, 5.41) is 0. The SMILES string of the molecule is CC(C)C1CCC2CC1CC2(C)C. The van der Waals surface area contributed by atoms with E-state index in [-0.39, 0.29) is 0 Å². The van der Waals surface area contributed by atoms with Crippen molar-refractivity contribution in [1.29, 1.82) is 0 Å². The molecule has 0 aromatic carbocycles. The lowest BCUT2D eigenvalue weighted by atomic mass is 9.73. The van der Waals surface area contributed by atoms with E-state index in [4.69, 9.17) is 0 Å². The Bertz CT molecular complexity index is 190. The molecule has 0 amide bonds. The van der Waals surface area contributed by atoms with E-state index in [1.807, 2.05) is 0 Å². The number of hydrogen-bond donors (Lipinski definition) is 0. The van der Waals surface area contributed by atoms with Crippen molar-refractivity contribution in [1.82, 2.24) is 0 Å². The molecule has 2 aliphatic rings. The number of rotatable bonds is 1. The molecule has 2 rings (SSSR count). The van der Waals surface area contributed by atoms with Gasteiger partial charge in [0.15, 0.2) is 0 Å². The minimum Gasteiger partial charge on any atom is -0.0625 e. The normalized spacial score (nSPS) is 42.7. The first-order chi connectivity index (χ1) is 6.00. The summed E-state index contributed by atoms with van der Waals surface area (Å²) in [4.78, 5) is 0. The van der Waals surface area contributed by atoms with E-state index in [0.29, 0.717) is 5.41 Å². The maximum Gasteiger partial charge on any atom is -0.0323 e. The highest BCUT2D eigenvalue weighted by Crippen LogP contribution is 2.56. The van der Waals surface area contributed by atoms with E-state index in [0.717, 1.165) is 23.7 Å². The molecule has 76 valence electrons. The lowest BCUT2D eigenvalue weighted by molar-refractivity contribution is 0.180. The molecule has 0 saturated heterocycles. The van der Waals surface area contributed by atoms with E-state index in [1.54, 1.807) is 0 Å². The fourth-order valence-corrected chi connectivity index (χ4v) is 3.95. The highest BCUT2D eigenvalue weighted by Gasteiger charge is 2.46. The van der Waals surface area contributed by atoms with E-state index in [9.17, 15) is 0 Å². The average molecular weight is 180 g/mol. The predicted octanol–water partition coefficient (Wildman–Crippen LogP) is 4.10. The van der Waals surface area contributed by atoms with Gasteiger partial charge >= 0.3 is 0 Å². The Morgan fingerprint density at radius 3 is 2.46 bits per heavy atom. The van der Waals surface area contributed by atoms with Crippen LogP contribution in [0.4, 0.5) is 0 Å². The Morgan fingerprint density at radius 1 is 1.15 bits per heavy atom. The Labute approximate surface area is 83.1 Å². The first-order valence-corrected chi connectivity index (χ1v) is 6.00. The zero-order valence-corrected chi connectivity index (χ0v) is 9.64. The van der Waals surface area contributed by atoms with Gasteiger partial charge in [-0.25, -0.2) is 0 Å². The Morgan fingerprint density at radius 2 is 1.85 bits per heavy atom. The Kier molecular flexibility index (Phi) is 2.20. The highest BCUT2D eigenvalue weighted by atomic mass is 14.5. The Hall–Kier alpha value is 0. The lowest BCUT2D eigenvalue weighted by Gasteiger charge is -2.32. The summed E-state index contributed by atoms with van der Waals surface area (Å²) < 4.78 is 0. The topological polar surface area (TPSA) is 0 Å². The zero-order valence-electron chi connectivity index (χ0n) is 9.64. The maximum absolute atomic E-state index is 2.49. The summed E-state index contributed by atoms with van der Waals surface area (Å²) in [6.07, 6.45) is 6.05. The molecule has 0 heterocycles. The van der Waals surface area contributed by atoms with Crippen molar-refractivity contribution in [2.75, 3.05) is 0 Å². The largest absolute Gasteiger partial charge is 0.0625 e. The predicted molar refractivity (Wildman–Crippen MR) is 57.6 cm³/mol. The third-order valence-corrected chi connectivity index (χ3v) is 4.79. The first kappa shape index (κ1) is 9.55. The molecule has 2 aliphatic carbocycles. The van der Waals surface area contributed by atoms with Crippen molar-refractivity contribution >= 4 is 0 Å². The minimum absolute atomic E-state index is 0.661. The maximum atomic E-state index is 2.49. The molecule has 0 aliphatic heterocycles. The van der Waals surface area contributed by atoms with Gasteiger partial charge < -0.3 is 0 Å². The molecule has 0 radical (unpaired) electrons. The van der Waals surface area contributed by atoms with Crippen LogP contribution in [-0.4, -0.2) is 0 Å². The van der Waals surface area contributed by atoms with Gasteiger partial charge in [-0.2, -0.15) is 0 Å². The molecule has 0 heteroatoms.